The van der Waals surface area contributed by atoms with Gasteiger partial charge in [-0.1, -0.05) is 24.3 Å². The van der Waals surface area contributed by atoms with Crippen molar-refractivity contribution in [3.63, 3.8) is 0 Å². The Balaban J connectivity index is 1.55. The zero-order chi connectivity index (χ0) is 28.6. The van der Waals surface area contributed by atoms with E-state index in [9.17, 15) is 28.2 Å². The maximum absolute atomic E-state index is 12.2. The number of urea groups is 1. The van der Waals surface area contributed by atoms with Crippen LogP contribution >= 0.6 is 0 Å². The predicted octanol–water partition coefficient (Wildman–Crippen LogP) is 1.32. The van der Waals surface area contributed by atoms with E-state index in [0.29, 0.717) is 17.0 Å². The number of amides is 2. The SMILES string of the molecule is Cc1cccc(NC(=O)NCCNC2=CS(=O)(=O)C=C2N[C@@H](Cc2ccc(OC(O)N(C)C)cc2)C(=O)O)c1. The summed E-state index contributed by atoms with van der Waals surface area (Å²) in [5.74, 6) is -0.766. The van der Waals surface area contributed by atoms with Gasteiger partial charge in [-0.2, -0.15) is 0 Å². The van der Waals surface area contributed by atoms with E-state index in [1.54, 1.807) is 44.4 Å². The fraction of sp³-hybridized carbons (Fsp3) is 0.308. The molecule has 0 spiro atoms. The Morgan fingerprint density at radius 2 is 1.72 bits per heavy atom. The molecule has 1 aliphatic rings. The Morgan fingerprint density at radius 3 is 2.36 bits per heavy atom. The molecule has 1 heterocycles. The van der Waals surface area contributed by atoms with Gasteiger partial charge < -0.3 is 36.2 Å². The van der Waals surface area contributed by atoms with Gasteiger partial charge in [0, 0.05) is 25.2 Å². The molecule has 3 rings (SSSR count). The molecule has 2 amide bonds. The highest BCUT2D eigenvalue weighted by atomic mass is 32.2. The largest absolute Gasteiger partial charge is 0.480 e. The van der Waals surface area contributed by atoms with Crippen molar-refractivity contribution < 1.29 is 33.0 Å². The van der Waals surface area contributed by atoms with Crippen molar-refractivity contribution in [1.82, 2.24) is 20.9 Å². The average Bonchev–Trinajstić information content (AvgIpc) is 3.15. The number of carbonyl (C=O) groups excluding carboxylic acids is 1. The number of carboxylic acids is 1. The molecule has 13 heteroatoms. The van der Waals surface area contributed by atoms with Gasteiger partial charge in [0.15, 0.2) is 9.84 Å². The molecule has 2 atom stereocenters. The van der Waals surface area contributed by atoms with Crippen molar-refractivity contribution in [1.29, 1.82) is 0 Å². The number of aliphatic hydroxyl groups excluding tert-OH is 1. The maximum Gasteiger partial charge on any atom is 0.326 e. The lowest BCUT2D eigenvalue weighted by atomic mass is 10.1. The van der Waals surface area contributed by atoms with Crippen LogP contribution in [0.15, 0.2) is 70.7 Å². The lowest BCUT2D eigenvalue weighted by Crippen LogP contribution is -2.40. The van der Waals surface area contributed by atoms with Gasteiger partial charge in [0.05, 0.1) is 22.2 Å². The molecule has 39 heavy (non-hydrogen) atoms. The number of hydrogen-bond acceptors (Lipinski definition) is 9. The number of sulfone groups is 1. The van der Waals surface area contributed by atoms with Crippen LogP contribution in [0.3, 0.4) is 0 Å². The standard InChI is InChI=1S/C26H33N5O7S/c1-17-5-4-6-19(13-17)29-25(34)28-12-11-27-22-15-39(36,37)16-23(22)30-21(24(32)33)14-18-7-9-20(10-8-18)38-26(35)31(2)3/h4-10,13,15-16,21,26-27,30,35H,11-12,14H2,1-3H3,(H,32,33)(H2,28,29,34)/t21-,26?/m0/s1. The van der Waals surface area contributed by atoms with Crippen LogP contribution in [0.5, 0.6) is 5.75 Å². The van der Waals surface area contributed by atoms with E-state index < -0.39 is 34.3 Å². The third-order valence-corrected chi connectivity index (χ3v) is 6.66. The molecule has 2 aromatic rings. The minimum absolute atomic E-state index is 0.0528. The Bertz CT molecular complexity index is 1340. The quantitative estimate of drug-likeness (QED) is 0.155. The molecule has 0 fully saturated rings. The first-order valence-electron chi connectivity index (χ1n) is 12.1. The fourth-order valence-corrected chi connectivity index (χ4v) is 4.69. The van der Waals surface area contributed by atoms with Gasteiger partial charge in [0.1, 0.15) is 11.8 Å². The van der Waals surface area contributed by atoms with Crippen LogP contribution in [-0.2, 0) is 21.1 Å². The monoisotopic (exact) mass is 559 g/mol. The summed E-state index contributed by atoms with van der Waals surface area (Å²) < 4.78 is 29.8. The molecule has 1 unspecified atom stereocenters. The van der Waals surface area contributed by atoms with Crippen molar-refractivity contribution in [2.24, 2.45) is 0 Å². The second-order valence-corrected chi connectivity index (χ2v) is 10.8. The molecular formula is C26H33N5O7S. The van der Waals surface area contributed by atoms with Gasteiger partial charge in [-0.25, -0.2) is 18.0 Å². The molecule has 2 aromatic carbocycles. The molecule has 0 aliphatic carbocycles. The lowest BCUT2D eigenvalue weighted by Gasteiger charge is -2.20. The van der Waals surface area contributed by atoms with E-state index in [1.807, 2.05) is 25.1 Å². The molecule has 0 saturated carbocycles. The summed E-state index contributed by atoms with van der Waals surface area (Å²) in [6, 6.07) is 12.3. The first-order chi connectivity index (χ1) is 18.4. The number of ether oxygens (including phenoxy) is 1. The second kappa shape index (κ2) is 13.1. The summed E-state index contributed by atoms with van der Waals surface area (Å²) in [6.07, 6.45) is -1.08. The smallest absolute Gasteiger partial charge is 0.326 e. The first kappa shape index (κ1) is 29.5. The van der Waals surface area contributed by atoms with Crippen LogP contribution in [0, 0.1) is 6.92 Å². The number of carbonyl (C=O) groups is 2. The third kappa shape index (κ3) is 9.32. The van der Waals surface area contributed by atoms with E-state index in [0.717, 1.165) is 16.4 Å². The zero-order valence-corrected chi connectivity index (χ0v) is 22.7. The average molecular weight is 560 g/mol. The van der Waals surface area contributed by atoms with Gasteiger partial charge in [-0.3, -0.25) is 4.90 Å². The van der Waals surface area contributed by atoms with Crippen LogP contribution in [-0.4, -0.2) is 75.2 Å². The highest BCUT2D eigenvalue weighted by Gasteiger charge is 2.26. The van der Waals surface area contributed by atoms with Crippen LogP contribution < -0.4 is 26.0 Å². The Hall–Kier alpha value is -4.07. The molecule has 1 aliphatic heterocycles. The van der Waals surface area contributed by atoms with E-state index in [4.69, 9.17) is 4.74 Å². The van der Waals surface area contributed by atoms with Crippen molar-refractivity contribution in [2.45, 2.75) is 25.8 Å². The van der Waals surface area contributed by atoms with Crippen LogP contribution in [0.2, 0.25) is 0 Å². The minimum atomic E-state index is -3.70. The Kier molecular flexibility index (Phi) is 9.93. The van der Waals surface area contributed by atoms with Crippen LogP contribution in [0.4, 0.5) is 10.5 Å². The molecular weight excluding hydrogens is 526 g/mol. The summed E-state index contributed by atoms with van der Waals surface area (Å²) in [5, 5.41) is 32.6. The summed E-state index contributed by atoms with van der Waals surface area (Å²) in [6.45, 7) is 2.29. The van der Waals surface area contributed by atoms with Crippen LogP contribution in [0.25, 0.3) is 0 Å². The second-order valence-electron chi connectivity index (χ2n) is 9.12. The summed E-state index contributed by atoms with van der Waals surface area (Å²) >= 11 is 0. The van der Waals surface area contributed by atoms with Crippen molar-refractivity contribution in [2.75, 3.05) is 32.5 Å². The summed E-state index contributed by atoms with van der Waals surface area (Å²) in [5.41, 5.74) is 2.61. The normalized spacial score (nSPS) is 15.5. The lowest BCUT2D eigenvalue weighted by molar-refractivity contribution is -0.139. The van der Waals surface area contributed by atoms with E-state index in [2.05, 4.69) is 21.3 Å². The van der Waals surface area contributed by atoms with Crippen molar-refractivity contribution in [3.8, 4) is 5.75 Å². The maximum atomic E-state index is 12.2. The molecule has 0 bridgehead atoms. The first-order valence-corrected chi connectivity index (χ1v) is 13.7. The number of benzene rings is 2. The summed E-state index contributed by atoms with van der Waals surface area (Å²) in [7, 11) is -0.396. The molecule has 0 saturated heterocycles. The number of aliphatic carboxylic acids is 1. The van der Waals surface area contributed by atoms with E-state index >= 15 is 0 Å². The molecule has 6 N–H and O–H groups in total. The number of carboxylic acid groups (broad SMARTS) is 1. The van der Waals surface area contributed by atoms with Gasteiger partial charge in [0.25, 0.3) is 6.41 Å². The number of nitrogens with zero attached hydrogens (tertiary/aromatic N) is 1. The zero-order valence-electron chi connectivity index (χ0n) is 21.8. The molecule has 0 radical (unpaired) electrons. The number of nitrogens with one attached hydrogen (secondary N) is 4. The van der Waals surface area contributed by atoms with Gasteiger partial charge >= 0.3 is 12.0 Å². The van der Waals surface area contributed by atoms with Crippen LogP contribution in [0.1, 0.15) is 11.1 Å². The summed E-state index contributed by atoms with van der Waals surface area (Å²) in [4.78, 5) is 25.5. The minimum Gasteiger partial charge on any atom is -0.480 e. The number of rotatable bonds is 13. The topological polar surface area (TPSA) is 169 Å². The van der Waals surface area contributed by atoms with E-state index in [-0.39, 0.29) is 30.9 Å². The fourth-order valence-electron chi connectivity index (χ4n) is 3.56. The number of aryl methyl sites for hydroxylation is 1. The molecule has 12 nitrogen and oxygen atoms in total. The van der Waals surface area contributed by atoms with Gasteiger partial charge in [0.2, 0.25) is 0 Å². The Morgan fingerprint density at radius 1 is 1.03 bits per heavy atom. The highest BCUT2D eigenvalue weighted by molar-refractivity contribution is 7.97. The highest BCUT2D eigenvalue weighted by Crippen LogP contribution is 2.20. The van der Waals surface area contributed by atoms with Crippen molar-refractivity contribution in [3.05, 3.63) is 81.9 Å². The molecule has 210 valence electrons. The predicted molar refractivity (Wildman–Crippen MR) is 146 cm³/mol. The molecule has 0 aromatic heterocycles. The van der Waals surface area contributed by atoms with Gasteiger partial charge in [-0.05, 0) is 56.4 Å². The third-order valence-electron chi connectivity index (χ3n) is 5.53. The number of aliphatic hydroxyl groups is 1. The number of anilines is 1. The van der Waals surface area contributed by atoms with Crippen molar-refractivity contribution >= 4 is 27.5 Å². The van der Waals surface area contributed by atoms with Gasteiger partial charge in [-0.15, -0.1) is 0 Å². The Labute approximate surface area is 227 Å². The number of hydrogen-bond donors (Lipinski definition) is 6. The van der Waals surface area contributed by atoms with E-state index in [1.165, 1.54) is 4.90 Å².